The van der Waals surface area contributed by atoms with Gasteiger partial charge >= 0.3 is 5.97 Å². The maximum absolute atomic E-state index is 10.7. The van der Waals surface area contributed by atoms with Crippen LogP contribution in [0.5, 0.6) is 0 Å². The quantitative estimate of drug-likeness (QED) is 0.649. The van der Waals surface area contributed by atoms with Crippen LogP contribution in [-0.4, -0.2) is 16.0 Å². The van der Waals surface area contributed by atoms with Crippen molar-refractivity contribution in [2.45, 2.75) is 0 Å². The van der Waals surface area contributed by atoms with Gasteiger partial charge < -0.3 is 10.4 Å². The molecule has 0 heterocycles. The van der Waals surface area contributed by atoms with Crippen molar-refractivity contribution in [1.82, 2.24) is 0 Å². The van der Waals surface area contributed by atoms with E-state index >= 15 is 0 Å². The van der Waals surface area contributed by atoms with Crippen molar-refractivity contribution in [3.63, 3.8) is 0 Å². The van der Waals surface area contributed by atoms with Gasteiger partial charge in [0, 0.05) is 23.5 Å². The van der Waals surface area contributed by atoms with Crippen LogP contribution in [-0.2, 0) is 0 Å². The van der Waals surface area contributed by atoms with Gasteiger partial charge in [-0.1, -0.05) is 6.07 Å². The third-order valence-corrected chi connectivity index (χ3v) is 2.48. The second-order valence-corrected chi connectivity index (χ2v) is 3.81. The van der Waals surface area contributed by atoms with Crippen LogP contribution in [0.15, 0.2) is 48.5 Å². The van der Waals surface area contributed by atoms with E-state index in [4.69, 9.17) is 5.11 Å². The number of hydrogen-bond donors (Lipinski definition) is 2. The lowest BCUT2D eigenvalue weighted by atomic mass is 10.2. The smallest absolute Gasteiger partial charge is 0.335 e. The summed E-state index contributed by atoms with van der Waals surface area (Å²) >= 11 is 0. The number of nitro groups is 1. The van der Waals surface area contributed by atoms with Gasteiger partial charge in [-0.2, -0.15) is 0 Å². The van der Waals surface area contributed by atoms with Crippen molar-refractivity contribution in [2.24, 2.45) is 0 Å². The Morgan fingerprint density at radius 1 is 1.11 bits per heavy atom. The summed E-state index contributed by atoms with van der Waals surface area (Å²) < 4.78 is 0. The van der Waals surface area contributed by atoms with E-state index in [1.807, 2.05) is 0 Å². The molecule has 0 saturated heterocycles. The summed E-state index contributed by atoms with van der Waals surface area (Å²) in [5.41, 5.74) is 1.40. The second-order valence-electron chi connectivity index (χ2n) is 3.81. The monoisotopic (exact) mass is 258 g/mol. The van der Waals surface area contributed by atoms with Gasteiger partial charge in [0.2, 0.25) is 0 Å². The summed E-state index contributed by atoms with van der Waals surface area (Å²) in [5, 5.41) is 22.4. The molecule has 2 aromatic carbocycles. The average molecular weight is 258 g/mol. The molecule has 0 unspecified atom stereocenters. The summed E-state index contributed by atoms with van der Waals surface area (Å²) in [4.78, 5) is 20.9. The van der Waals surface area contributed by atoms with Crippen LogP contribution in [0.3, 0.4) is 0 Å². The summed E-state index contributed by atoms with van der Waals surface area (Å²) in [6.45, 7) is 0. The van der Waals surface area contributed by atoms with Gasteiger partial charge in [-0.3, -0.25) is 10.1 Å². The van der Waals surface area contributed by atoms with Gasteiger partial charge in [0.25, 0.3) is 5.69 Å². The Bertz CT molecular complexity index is 623. The number of nitro benzene ring substituents is 1. The van der Waals surface area contributed by atoms with E-state index in [2.05, 4.69) is 5.32 Å². The first kappa shape index (κ1) is 12.6. The molecule has 0 spiro atoms. The molecule has 96 valence electrons. The van der Waals surface area contributed by atoms with Crippen LogP contribution >= 0.6 is 0 Å². The van der Waals surface area contributed by atoms with E-state index < -0.39 is 10.9 Å². The molecule has 2 N–H and O–H groups in total. The largest absolute Gasteiger partial charge is 0.478 e. The normalized spacial score (nSPS) is 9.89. The van der Waals surface area contributed by atoms with Gasteiger partial charge in [0.1, 0.15) is 0 Å². The maximum atomic E-state index is 10.7. The van der Waals surface area contributed by atoms with Crippen molar-refractivity contribution < 1.29 is 14.8 Å². The lowest BCUT2D eigenvalue weighted by molar-refractivity contribution is -0.384. The fourth-order valence-corrected chi connectivity index (χ4v) is 1.56. The molecule has 0 fully saturated rings. The van der Waals surface area contributed by atoms with Crippen LogP contribution in [0.4, 0.5) is 17.1 Å². The van der Waals surface area contributed by atoms with Gasteiger partial charge in [-0.15, -0.1) is 0 Å². The fourth-order valence-electron chi connectivity index (χ4n) is 1.56. The Hall–Kier alpha value is -2.89. The van der Waals surface area contributed by atoms with E-state index in [9.17, 15) is 14.9 Å². The number of carbonyl (C=O) groups is 1. The van der Waals surface area contributed by atoms with Crippen LogP contribution in [0, 0.1) is 10.1 Å². The minimum atomic E-state index is -0.998. The molecule has 0 aliphatic rings. The zero-order valence-corrected chi connectivity index (χ0v) is 9.74. The van der Waals surface area contributed by atoms with E-state index in [0.29, 0.717) is 11.4 Å². The van der Waals surface area contributed by atoms with E-state index in [0.717, 1.165) is 0 Å². The third kappa shape index (κ3) is 3.06. The number of non-ortho nitro benzene ring substituents is 1. The summed E-state index contributed by atoms with van der Waals surface area (Å²) in [6, 6.07) is 12.2. The van der Waals surface area contributed by atoms with Crippen molar-refractivity contribution in [1.29, 1.82) is 0 Å². The standard InChI is InChI=1S/C13H10N2O4/c16-13(17)9-4-6-10(7-5-9)14-11-2-1-3-12(8-11)15(18)19/h1-8,14H,(H,16,17). The number of hydrogen-bond acceptors (Lipinski definition) is 4. The molecule has 0 atom stereocenters. The Morgan fingerprint density at radius 3 is 2.37 bits per heavy atom. The summed E-state index contributed by atoms with van der Waals surface area (Å²) in [5.74, 6) is -0.998. The summed E-state index contributed by atoms with van der Waals surface area (Å²) in [6.07, 6.45) is 0. The summed E-state index contributed by atoms with van der Waals surface area (Å²) in [7, 11) is 0. The van der Waals surface area contributed by atoms with Crippen LogP contribution in [0.2, 0.25) is 0 Å². The topological polar surface area (TPSA) is 92.5 Å². The third-order valence-electron chi connectivity index (χ3n) is 2.48. The number of rotatable bonds is 4. The van der Waals surface area contributed by atoms with Crippen LogP contribution < -0.4 is 5.32 Å². The molecule has 2 aromatic rings. The number of anilines is 2. The average Bonchev–Trinajstić information content (AvgIpc) is 2.39. The van der Waals surface area contributed by atoms with Gasteiger partial charge in [-0.05, 0) is 30.3 Å². The minimum absolute atomic E-state index is 0.00726. The highest BCUT2D eigenvalue weighted by atomic mass is 16.6. The van der Waals surface area contributed by atoms with E-state index in [1.165, 1.54) is 24.3 Å². The first-order chi connectivity index (χ1) is 9.06. The SMILES string of the molecule is O=C(O)c1ccc(Nc2cccc([N+](=O)[O-])c2)cc1. The van der Waals surface area contributed by atoms with Crippen molar-refractivity contribution in [2.75, 3.05) is 5.32 Å². The first-order valence-corrected chi connectivity index (χ1v) is 5.41. The molecule has 2 rings (SSSR count). The second kappa shape index (κ2) is 5.18. The number of carboxylic acids is 1. The van der Waals surface area contributed by atoms with Gasteiger partial charge in [-0.25, -0.2) is 4.79 Å². The van der Waals surface area contributed by atoms with Crippen LogP contribution in [0.25, 0.3) is 0 Å². The maximum Gasteiger partial charge on any atom is 0.335 e. The lowest BCUT2D eigenvalue weighted by Crippen LogP contribution is -1.97. The molecule has 0 amide bonds. The number of carboxylic acid groups (broad SMARTS) is 1. The Labute approximate surface area is 108 Å². The molecular weight excluding hydrogens is 248 g/mol. The highest BCUT2D eigenvalue weighted by Crippen LogP contribution is 2.21. The first-order valence-electron chi connectivity index (χ1n) is 5.41. The van der Waals surface area contributed by atoms with Crippen molar-refractivity contribution in [3.8, 4) is 0 Å². The van der Waals surface area contributed by atoms with Gasteiger partial charge in [0.05, 0.1) is 10.5 Å². The fraction of sp³-hybridized carbons (Fsp3) is 0. The molecule has 0 aromatic heterocycles. The Kier molecular flexibility index (Phi) is 3.42. The molecule has 6 nitrogen and oxygen atoms in total. The minimum Gasteiger partial charge on any atom is -0.478 e. The highest BCUT2D eigenvalue weighted by Gasteiger charge is 2.06. The molecule has 6 heteroatoms. The van der Waals surface area contributed by atoms with Gasteiger partial charge in [0.15, 0.2) is 0 Å². The van der Waals surface area contributed by atoms with Crippen molar-refractivity contribution >= 4 is 23.0 Å². The zero-order chi connectivity index (χ0) is 13.8. The molecule has 0 aliphatic carbocycles. The predicted octanol–water partition coefficient (Wildman–Crippen LogP) is 3.04. The highest BCUT2D eigenvalue weighted by molar-refractivity contribution is 5.88. The Morgan fingerprint density at radius 2 is 1.79 bits per heavy atom. The zero-order valence-electron chi connectivity index (χ0n) is 9.74. The number of benzene rings is 2. The molecule has 19 heavy (non-hydrogen) atoms. The molecular formula is C13H10N2O4. The van der Waals surface area contributed by atoms with E-state index in [1.54, 1.807) is 24.3 Å². The number of nitrogens with zero attached hydrogens (tertiary/aromatic N) is 1. The van der Waals surface area contributed by atoms with Crippen LogP contribution in [0.1, 0.15) is 10.4 Å². The molecule has 0 saturated carbocycles. The molecule has 0 radical (unpaired) electrons. The molecule has 0 bridgehead atoms. The number of nitrogens with one attached hydrogen (secondary N) is 1. The Balaban J connectivity index is 2.19. The van der Waals surface area contributed by atoms with Crippen molar-refractivity contribution in [3.05, 3.63) is 64.2 Å². The lowest BCUT2D eigenvalue weighted by Gasteiger charge is -2.06. The number of aromatic carboxylic acids is 1. The van der Waals surface area contributed by atoms with E-state index in [-0.39, 0.29) is 11.3 Å². The molecule has 0 aliphatic heterocycles. The predicted molar refractivity (Wildman–Crippen MR) is 69.8 cm³/mol.